The molecule has 3 rings (SSSR count). The zero-order valence-corrected chi connectivity index (χ0v) is 11.5. The van der Waals surface area contributed by atoms with Gasteiger partial charge >= 0.3 is 0 Å². The minimum atomic E-state index is -0.190. The summed E-state index contributed by atoms with van der Waals surface area (Å²) in [7, 11) is 0. The molecule has 1 amide bonds. The van der Waals surface area contributed by atoms with Crippen molar-refractivity contribution in [3.63, 3.8) is 0 Å². The predicted octanol–water partition coefficient (Wildman–Crippen LogP) is 3.01. The molecule has 2 aromatic rings. The van der Waals surface area contributed by atoms with Crippen molar-refractivity contribution < 1.29 is 4.79 Å². The molecule has 1 aromatic heterocycles. The van der Waals surface area contributed by atoms with E-state index in [9.17, 15) is 4.79 Å². The van der Waals surface area contributed by atoms with Gasteiger partial charge in [-0.25, -0.2) is 4.98 Å². The van der Waals surface area contributed by atoms with Crippen LogP contribution in [0.25, 0.3) is 0 Å². The van der Waals surface area contributed by atoms with E-state index in [2.05, 4.69) is 15.3 Å². The van der Waals surface area contributed by atoms with Crippen LogP contribution in [0.4, 0.5) is 0 Å². The van der Waals surface area contributed by atoms with Gasteiger partial charge in [-0.3, -0.25) is 9.78 Å². The first kappa shape index (κ1) is 13.1. The van der Waals surface area contributed by atoms with E-state index in [0.29, 0.717) is 16.6 Å². The molecule has 1 atom stereocenters. The molecule has 0 bridgehead atoms. The predicted molar refractivity (Wildman–Crippen MR) is 76.4 cm³/mol. The maximum atomic E-state index is 12.2. The molecule has 1 saturated carbocycles. The Morgan fingerprint density at radius 3 is 2.60 bits per heavy atom. The summed E-state index contributed by atoms with van der Waals surface area (Å²) in [5.74, 6) is 0.307. The maximum absolute atomic E-state index is 12.2. The molecule has 0 aliphatic heterocycles. The summed E-state index contributed by atoms with van der Waals surface area (Å²) in [6.07, 6.45) is 6.81. The molecular weight excluding hydrogens is 274 g/mol. The number of benzene rings is 1. The highest BCUT2D eigenvalue weighted by Gasteiger charge is 2.33. The van der Waals surface area contributed by atoms with Gasteiger partial charge in [-0.15, -0.1) is 0 Å². The highest BCUT2D eigenvalue weighted by Crippen LogP contribution is 2.41. The minimum Gasteiger partial charge on any atom is -0.344 e. The molecule has 1 fully saturated rings. The van der Waals surface area contributed by atoms with Crippen molar-refractivity contribution in [2.75, 3.05) is 0 Å². The van der Waals surface area contributed by atoms with E-state index in [1.54, 1.807) is 6.20 Å². The van der Waals surface area contributed by atoms with Crippen molar-refractivity contribution in [1.29, 1.82) is 0 Å². The standard InChI is InChI=1S/C15H14ClN3O/c16-12-5-3-11(4-6-12)14(10-1-2-10)19-15(20)13-9-17-7-8-18-13/h3-10,14H,1-2H2,(H,19,20)/t14-/m1/s1. The first-order valence-corrected chi connectivity index (χ1v) is 6.94. The molecule has 1 aliphatic carbocycles. The van der Waals surface area contributed by atoms with Crippen LogP contribution in [0.5, 0.6) is 0 Å². The molecule has 0 unspecified atom stereocenters. The topological polar surface area (TPSA) is 54.9 Å². The maximum Gasteiger partial charge on any atom is 0.271 e. The Morgan fingerprint density at radius 1 is 1.25 bits per heavy atom. The average Bonchev–Trinajstić information content (AvgIpc) is 3.31. The van der Waals surface area contributed by atoms with E-state index in [0.717, 1.165) is 18.4 Å². The minimum absolute atomic E-state index is 0.0155. The average molecular weight is 288 g/mol. The zero-order valence-electron chi connectivity index (χ0n) is 10.8. The largest absolute Gasteiger partial charge is 0.344 e. The Morgan fingerprint density at radius 2 is 2.00 bits per heavy atom. The summed E-state index contributed by atoms with van der Waals surface area (Å²) < 4.78 is 0. The second-order valence-electron chi connectivity index (χ2n) is 4.93. The van der Waals surface area contributed by atoms with Crippen molar-refractivity contribution in [2.24, 2.45) is 5.92 Å². The van der Waals surface area contributed by atoms with E-state index in [1.165, 1.54) is 12.4 Å². The lowest BCUT2D eigenvalue weighted by molar-refractivity contribution is 0.0926. The smallest absolute Gasteiger partial charge is 0.271 e. The summed E-state index contributed by atoms with van der Waals surface area (Å²) in [6.45, 7) is 0. The zero-order chi connectivity index (χ0) is 13.9. The summed E-state index contributed by atoms with van der Waals surface area (Å²) in [4.78, 5) is 20.1. The van der Waals surface area contributed by atoms with Crippen LogP contribution >= 0.6 is 11.6 Å². The van der Waals surface area contributed by atoms with Crippen LogP contribution in [0.1, 0.15) is 34.9 Å². The second-order valence-corrected chi connectivity index (χ2v) is 5.37. The summed E-state index contributed by atoms with van der Waals surface area (Å²) in [5, 5.41) is 3.74. The lowest BCUT2D eigenvalue weighted by Crippen LogP contribution is -2.30. The van der Waals surface area contributed by atoms with Gasteiger partial charge in [-0.05, 0) is 36.5 Å². The van der Waals surface area contributed by atoms with Crippen LogP contribution in [-0.4, -0.2) is 15.9 Å². The van der Waals surface area contributed by atoms with Crippen LogP contribution in [0.3, 0.4) is 0 Å². The summed E-state index contributed by atoms with van der Waals surface area (Å²) in [5.41, 5.74) is 1.42. The second kappa shape index (κ2) is 5.59. The molecule has 0 radical (unpaired) electrons. The molecule has 1 heterocycles. The van der Waals surface area contributed by atoms with E-state index in [1.807, 2.05) is 24.3 Å². The molecule has 1 aromatic carbocycles. The SMILES string of the molecule is O=C(N[C@@H](c1ccc(Cl)cc1)C1CC1)c1cnccn1. The van der Waals surface area contributed by atoms with Gasteiger partial charge in [0.1, 0.15) is 5.69 Å². The lowest BCUT2D eigenvalue weighted by Gasteiger charge is -2.18. The molecule has 1 N–H and O–H groups in total. The first-order chi connectivity index (χ1) is 9.74. The van der Waals surface area contributed by atoms with Gasteiger partial charge in [-0.2, -0.15) is 0 Å². The van der Waals surface area contributed by atoms with Gasteiger partial charge in [0.2, 0.25) is 0 Å². The van der Waals surface area contributed by atoms with Crippen LogP contribution in [0, 0.1) is 5.92 Å². The third-order valence-electron chi connectivity index (χ3n) is 3.40. The first-order valence-electron chi connectivity index (χ1n) is 6.56. The Hall–Kier alpha value is -1.94. The highest BCUT2D eigenvalue weighted by molar-refractivity contribution is 6.30. The molecule has 20 heavy (non-hydrogen) atoms. The number of nitrogens with one attached hydrogen (secondary N) is 1. The number of carbonyl (C=O) groups excluding carboxylic acids is 1. The number of hydrogen-bond donors (Lipinski definition) is 1. The van der Waals surface area contributed by atoms with Gasteiger partial charge in [0, 0.05) is 17.4 Å². The Balaban J connectivity index is 1.78. The van der Waals surface area contributed by atoms with Gasteiger partial charge in [0.25, 0.3) is 5.91 Å². The monoisotopic (exact) mass is 287 g/mol. The third kappa shape index (κ3) is 2.96. The quantitative estimate of drug-likeness (QED) is 0.940. The van der Waals surface area contributed by atoms with E-state index in [-0.39, 0.29) is 11.9 Å². The number of carbonyl (C=O) groups is 1. The normalized spacial score (nSPS) is 15.7. The molecular formula is C15H14ClN3O. The lowest BCUT2D eigenvalue weighted by atomic mass is 10.0. The van der Waals surface area contributed by atoms with E-state index >= 15 is 0 Å². The summed E-state index contributed by atoms with van der Waals surface area (Å²) in [6, 6.07) is 7.63. The van der Waals surface area contributed by atoms with Crippen LogP contribution in [-0.2, 0) is 0 Å². The fourth-order valence-corrected chi connectivity index (χ4v) is 2.33. The molecule has 1 aliphatic rings. The fraction of sp³-hybridized carbons (Fsp3) is 0.267. The van der Waals surface area contributed by atoms with E-state index in [4.69, 9.17) is 11.6 Å². The van der Waals surface area contributed by atoms with E-state index < -0.39 is 0 Å². The highest BCUT2D eigenvalue weighted by atomic mass is 35.5. The van der Waals surface area contributed by atoms with Crippen LogP contribution < -0.4 is 5.32 Å². The van der Waals surface area contributed by atoms with Crippen molar-refractivity contribution in [1.82, 2.24) is 15.3 Å². The van der Waals surface area contributed by atoms with Crippen molar-refractivity contribution in [3.05, 3.63) is 59.1 Å². The molecule has 5 heteroatoms. The van der Waals surface area contributed by atoms with Crippen molar-refractivity contribution in [2.45, 2.75) is 18.9 Å². The number of rotatable bonds is 4. The van der Waals surface area contributed by atoms with Crippen LogP contribution in [0.2, 0.25) is 5.02 Å². The molecule has 0 spiro atoms. The molecule has 0 saturated heterocycles. The van der Waals surface area contributed by atoms with Gasteiger partial charge in [0.15, 0.2) is 0 Å². The van der Waals surface area contributed by atoms with Gasteiger partial charge in [0.05, 0.1) is 12.2 Å². The van der Waals surface area contributed by atoms with Crippen molar-refractivity contribution >= 4 is 17.5 Å². The Kier molecular flexibility index (Phi) is 3.65. The number of aromatic nitrogens is 2. The summed E-state index contributed by atoms with van der Waals surface area (Å²) >= 11 is 5.91. The third-order valence-corrected chi connectivity index (χ3v) is 3.66. The number of hydrogen-bond acceptors (Lipinski definition) is 3. The molecule has 4 nitrogen and oxygen atoms in total. The van der Waals surface area contributed by atoms with Crippen LogP contribution in [0.15, 0.2) is 42.9 Å². The Bertz CT molecular complexity index is 596. The van der Waals surface area contributed by atoms with Crippen molar-refractivity contribution in [3.8, 4) is 0 Å². The fourth-order valence-electron chi connectivity index (χ4n) is 2.20. The molecule has 102 valence electrons. The number of halogens is 1. The Labute approximate surface area is 122 Å². The number of amides is 1. The van der Waals surface area contributed by atoms with Gasteiger partial charge in [-0.1, -0.05) is 23.7 Å². The van der Waals surface area contributed by atoms with Gasteiger partial charge < -0.3 is 5.32 Å². The number of nitrogens with zero attached hydrogens (tertiary/aromatic N) is 2.